The first-order valence-electron chi connectivity index (χ1n) is 6.42. The zero-order valence-electron chi connectivity index (χ0n) is 11.1. The standard InChI is InChI=1S/C14H20N2OS.ClH/c1-18-13-4-2-12(3-5-13)16-14(17)10-11-6-8-15-9-7-11;/h2-5,11,15H,6-10H2,1H3,(H,16,17);1H. The van der Waals surface area contributed by atoms with Crippen molar-refractivity contribution in [1.29, 1.82) is 0 Å². The Balaban J connectivity index is 0.00000180. The van der Waals surface area contributed by atoms with Gasteiger partial charge in [0, 0.05) is 17.0 Å². The number of piperidine rings is 1. The number of anilines is 1. The van der Waals surface area contributed by atoms with Gasteiger partial charge in [0.1, 0.15) is 0 Å². The van der Waals surface area contributed by atoms with E-state index >= 15 is 0 Å². The van der Waals surface area contributed by atoms with Gasteiger partial charge in [-0.25, -0.2) is 0 Å². The molecule has 3 nitrogen and oxygen atoms in total. The van der Waals surface area contributed by atoms with Gasteiger partial charge in [-0.05, 0) is 62.4 Å². The third-order valence-corrected chi connectivity index (χ3v) is 4.05. The number of carbonyl (C=O) groups is 1. The molecule has 1 aliphatic heterocycles. The molecule has 1 heterocycles. The quantitative estimate of drug-likeness (QED) is 0.839. The second kappa shape index (κ2) is 8.46. The monoisotopic (exact) mass is 300 g/mol. The summed E-state index contributed by atoms with van der Waals surface area (Å²) in [5, 5.41) is 6.29. The van der Waals surface area contributed by atoms with Crippen LogP contribution in [0.15, 0.2) is 29.2 Å². The summed E-state index contributed by atoms with van der Waals surface area (Å²) < 4.78 is 0. The van der Waals surface area contributed by atoms with Crippen molar-refractivity contribution in [3.8, 4) is 0 Å². The van der Waals surface area contributed by atoms with E-state index < -0.39 is 0 Å². The molecule has 1 aliphatic rings. The van der Waals surface area contributed by atoms with E-state index in [2.05, 4.69) is 10.6 Å². The van der Waals surface area contributed by atoms with Crippen LogP contribution in [0.4, 0.5) is 5.69 Å². The summed E-state index contributed by atoms with van der Waals surface area (Å²) >= 11 is 1.71. The maximum atomic E-state index is 11.9. The molecule has 1 fully saturated rings. The molecule has 1 saturated heterocycles. The Hall–Kier alpha value is -0.710. The Morgan fingerprint density at radius 1 is 1.32 bits per heavy atom. The van der Waals surface area contributed by atoms with Crippen LogP contribution in [0.25, 0.3) is 0 Å². The molecule has 0 atom stereocenters. The number of halogens is 1. The van der Waals surface area contributed by atoms with Crippen molar-refractivity contribution in [2.24, 2.45) is 5.92 Å². The first-order valence-corrected chi connectivity index (χ1v) is 7.65. The van der Waals surface area contributed by atoms with E-state index in [1.165, 1.54) is 4.90 Å². The lowest BCUT2D eigenvalue weighted by atomic mass is 9.94. The summed E-state index contributed by atoms with van der Waals surface area (Å²) in [6, 6.07) is 7.99. The summed E-state index contributed by atoms with van der Waals surface area (Å²) in [5.74, 6) is 0.676. The highest BCUT2D eigenvalue weighted by Gasteiger charge is 2.16. The van der Waals surface area contributed by atoms with Gasteiger partial charge in [-0.2, -0.15) is 0 Å². The molecule has 0 unspecified atom stereocenters. The van der Waals surface area contributed by atoms with Crippen LogP contribution in [0, 0.1) is 5.92 Å². The first kappa shape index (κ1) is 16.3. The lowest BCUT2D eigenvalue weighted by Crippen LogP contribution is -2.30. The van der Waals surface area contributed by atoms with Crippen molar-refractivity contribution in [2.75, 3.05) is 24.7 Å². The van der Waals surface area contributed by atoms with Gasteiger partial charge in [-0.15, -0.1) is 24.2 Å². The van der Waals surface area contributed by atoms with Crippen molar-refractivity contribution in [3.63, 3.8) is 0 Å². The smallest absolute Gasteiger partial charge is 0.224 e. The molecule has 1 aromatic carbocycles. The number of hydrogen-bond acceptors (Lipinski definition) is 3. The molecular weight excluding hydrogens is 280 g/mol. The first-order chi connectivity index (χ1) is 8.78. The molecule has 0 bridgehead atoms. The molecule has 0 aliphatic carbocycles. The Labute approximate surface area is 125 Å². The van der Waals surface area contributed by atoms with Gasteiger partial charge in [0.05, 0.1) is 0 Å². The van der Waals surface area contributed by atoms with Gasteiger partial charge in [-0.1, -0.05) is 0 Å². The molecule has 2 rings (SSSR count). The molecule has 2 N–H and O–H groups in total. The summed E-state index contributed by atoms with van der Waals surface area (Å²) in [6.45, 7) is 2.08. The van der Waals surface area contributed by atoms with Crippen LogP contribution in [0.3, 0.4) is 0 Å². The largest absolute Gasteiger partial charge is 0.326 e. The van der Waals surface area contributed by atoms with Crippen LogP contribution in [0.2, 0.25) is 0 Å². The predicted octanol–water partition coefficient (Wildman–Crippen LogP) is 3.16. The van der Waals surface area contributed by atoms with E-state index in [0.717, 1.165) is 31.6 Å². The van der Waals surface area contributed by atoms with Gasteiger partial charge in [-0.3, -0.25) is 4.79 Å². The van der Waals surface area contributed by atoms with Crippen molar-refractivity contribution < 1.29 is 4.79 Å². The zero-order chi connectivity index (χ0) is 12.8. The summed E-state index contributed by atoms with van der Waals surface area (Å²) in [7, 11) is 0. The average molecular weight is 301 g/mol. The average Bonchev–Trinajstić information content (AvgIpc) is 2.40. The zero-order valence-corrected chi connectivity index (χ0v) is 12.8. The minimum atomic E-state index is 0. The molecule has 0 spiro atoms. The highest BCUT2D eigenvalue weighted by molar-refractivity contribution is 7.98. The molecule has 0 saturated carbocycles. The van der Waals surface area contributed by atoms with E-state index in [1.807, 2.05) is 30.5 Å². The number of nitrogens with one attached hydrogen (secondary N) is 2. The number of rotatable bonds is 4. The predicted molar refractivity (Wildman–Crippen MR) is 84.3 cm³/mol. The summed E-state index contributed by atoms with van der Waals surface area (Å²) in [6.07, 6.45) is 4.91. The Morgan fingerprint density at radius 2 is 1.95 bits per heavy atom. The fourth-order valence-electron chi connectivity index (χ4n) is 2.23. The number of benzene rings is 1. The van der Waals surface area contributed by atoms with Crippen molar-refractivity contribution in [2.45, 2.75) is 24.2 Å². The normalized spacial score (nSPS) is 15.6. The van der Waals surface area contributed by atoms with E-state index in [0.29, 0.717) is 12.3 Å². The maximum absolute atomic E-state index is 11.9. The van der Waals surface area contributed by atoms with Crippen LogP contribution >= 0.6 is 24.2 Å². The molecule has 0 aromatic heterocycles. The Bertz CT molecular complexity index is 391. The summed E-state index contributed by atoms with van der Waals surface area (Å²) in [4.78, 5) is 13.1. The van der Waals surface area contributed by atoms with Crippen molar-refractivity contribution >= 4 is 35.8 Å². The molecule has 19 heavy (non-hydrogen) atoms. The van der Waals surface area contributed by atoms with Crippen LogP contribution in [-0.2, 0) is 4.79 Å². The van der Waals surface area contributed by atoms with Crippen LogP contribution in [-0.4, -0.2) is 25.3 Å². The van der Waals surface area contributed by atoms with Gasteiger partial charge in [0.25, 0.3) is 0 Å². The van der Waals surface area contributed by atoms with Crippen molar-refractivity contribution in [1.82, 2.24) is 5.32 Å². The second-order valence-electron chi connectivity index (χ2n) is 4.67. The fraction of sp³-hybridized carbons (Fsp3) is 0.500. The second-order valence-corrected chi connectivity index (χ2v) is 5.55. The summed E-state index contributed by atoms with van der Waals surface area (Å²) in [5.41, 5.74) is 0.895. The minimum absolute atomic E-state index is 0. The van der Waals surface area contributed by atoms with Gasteiger partial charge < -0.3 is 10.6 Å². The van der Waals surface area contributed by atoms with E-state index in [-0.39, 0.29) is 18.3 Å². The number of thioether (sulfide) groups is 1. The topological polar surface area (TPSA) is 41.1 Å². The Morgan fingerprint density at radius 3 is 2.53 bits per heavy atom. The molecule has 5 heteroatoms. The van der Waals surface area contributed by atoms with Gasteiger partial charge >= 0.3 is 0 Å². The minimum Gasteiger partial charge on any atom is -0.326 e. The molecular formula is C14H21ClN2OS. The van der Waals surface area contributed by atoms with Crippen molar-refractivity contribution in [3.05, 3.63) is 24.3 Å². The third-order valence-electron chi connectivity index (χ3n) is 3.31. The molecule has 106 valence electrons. The Kier molecular flexibility index (Phi) is 7.28. The SMILES string of the molecule is CSc1ccc(NC(=O)CC2CCNCC2)cc1.Cl. The number of carbonyl (C=O) groups excluding carboxylic acids is 1. The lowest BCUT2D eigenvalue weighted by Gasteiger charge is -2.21. The number of hydrogen-bond donors (Lipinski definition) is 2. The van der Waals surface area contributed by atoms with E-state index in [1.54, 1.807) is 11.8 Å². The van der Waals surface area contributed by atoms with Crippen LogP contribution < -0.4 is 10.6 Å². The third kappa shape index (κ3) is 5.43. The highest BCUT2D eigenvalue weighted by atomic mass is 35.5. The lowest BCUT2D eigenvalue weighted by molar-refractivity contribution is -0.117. The van der Waals surface area contributed by atoms with E-state index in [4.69, 9.17) is 0 Å². The maximum Gasteiger partial charge on any atom is 0.224 e. The molecule has 1 aromatic rings. The van der Waals surface area contributed by atoms with Crippen LogP contribution in [0.1, 0.15) is 19.3 Å². The van der Waals surface area contributed by atoms with E-state index in [9.17, 15) is 4.79 Å². The van der Waals surface area contributed by atoms with Crippen LogP contribution in [0.5, 0.6) is 0 Å². The fourth-order valence-corrected chi connectivity index (χ4v) is 2.64. The van der Waals surface area contributed by atoms with Gasteiger partial charge in [0.15, 0.2) is 0 Å². The molecule has 1 amide bonds. The number of amides is 1. The van der Waals surface area contributed by atoms with Gasteiger partial charge in [0.2, 0.25) is 5.91 Å². The highest BCUT2D eigenvalue weighted by Crippen LogP contribution is 2.19. The molecule has 0 radical (unpaired) electrons.